The summed E-state index contributed by atoms with van der Waals surface area (Å²) >= 11 is 0. The van der Waals surface area contributed by atoms with Crippen LogP contribution in [0.15, 0.2) is 91.0 Å². The highest BCUT2D eigenvalue weighted by atomic mass is 31.1. The van der Waals surface area contributed by atoms with Crippen molar-refractivity contribution in [3.8, 4) is 0 Å². The van der Waals surface area contributed by atoms with Crippen LogP contribution in [0.25, 0.3) is 0 Å². The monoisotopic (exact) mass is 480 g/mol. The van der Waals surface area contributed by atoms with E-state index < -0.39 is 26.4 Å². The highest BCUT2D eigenvalue weighted by Crippen LogP contribution is 2.43. The van der Waals surface area contributed by atoms with Crippen molar-refractivity contribution in [2.24, 2.45) is 0 Å². The van der Waals surface area contributed by atoms with Crippen LogP contribution in [0, 0.1) is 0 Å². The average molecular weight is 481 g/mol. The van der Waals surface area contributed by atoms with E-state index in [4.69, 9.17) is 18.9 Å². The molecule has 0 aliphatic carbocycles. The maximum Gasteiger partial charge on any atom is 0.184 e. The van der Waals surface area contributed by atoms with Gasteiger partial charge in [0.05, 0.1) is 19.8 Å². The van der Waals surface area contributed by atoms with E-state index in [1.807, 2.05) is 91.0 Å². The standard InChI is InChI=1S/C28H33O5P/c1-34(2)28-26(32-20-23-16-10-5-11-17-23)24(30-18-21-12-6-3-7-13-21)25(27(29)33-28)31-19-22-14-8-4-9-15-22/h3-17,24-29H,18-20H2,1-2H3/t24-,25-,26+,27+,28-/m1/s1. The van der Waals surface area contributed by atoms with Gasteiger partial charge in [0.2, 0.25) is 0 Å². The molecule has 0 bridgehead atoms. The lowest BCUT2D eigenvalue weighted by atomic mass is 10.0. The third-order valence-corrected chi connectivity index (χ3v) is 7.29. The summed E-state index contributed by atoms with van der Waals surface area (Å²) in [5, 5.41) is 11.0. The zero-order valence-electron chi connectivity index (χ0n) is 19.7. The van der Waals surface area contributed by atoms with Crippen LogP contribution in [0.4, 0.5) is 0 Å². The zero-order valence-corrected chi connectivity index (χ0v) is 20.6. The molecule has 0 unspecified atom stereocenters. The Morgan fingerprint density at radius 2 is 1.00 bits per heavy atom. The number of aliphatic hydroxyl groups excluding tert-OH is 1. The molecular formula is C28H33O5P. The van der Waals surface area contributed by atoms with E-state index in [9.17, 15) is 5.11 Å². The fourth-order valence-electron chi connectivity index (χ4n) is 4.07. The summed E-state index contributed by atoms with van der Waals surface area (Å²) in [6.45, 7) is 5.43. The Labute approximate surface area is 203 Å². The van der Waals surface area contributed by atoms with Crippen LogP contribution < -0.4 is 0 Å². The first-order valence-electron chi connectivity index (χ1n) is 11.6. The van der Waals surface area contributed by atoms with Crippen molar-refractivity contribution in [2.45, 2.75) is 50.3 Å². The van der Waals surface area contributed by atoms with E-state index in [2.05, 4.69) is 13.3 Å². The van der Waals surface area contributed by atoms with Crippen molar-refractivity contribution in [1.29, 1.82) is 0 Å². The Bertz CT molecular complexity index is 970. The molecule has 0 aromatic heterocycles. The van der Waals surface area contributed by atoms with E-state index in [-0.39, 0.29) is 11.9 Å². The summed E-state index contributed by atoms with van der Waals surface area (Å²) in [5.74, 6) is -0.272. The second-order valence-corrected chi connectivity index (χ2v) is 11.1. The maximum absolute atomic E-state index is 11.0. The smallest absolute Gasteiger partial charge is 0.184 e. The summed E-state index contributed by atoms with van der Waals surface area (Å²) < 4.78 is 25.2. The van der Waals surface area contributed by atoms with Gasteiger partial charge in [-0.05, 0) is 30.0 Å². The van der Waals surface area contributed by atoms with Gasteiger partial charge in [-0.25, -0.2) is 0 Å². The molecule has 0 saturated carbocycles. The van der Waals surface area contributed by atoms with Crippen LogP contribution in [-0.4, -0.2) is 48.9 Å². The van der Waals surface area contributed by atoms with Gasteiger partial charge in [-0.3, -0.25) is 0 Å². The number of aliphatic hydroxyl groups is 1. The number of rotatable bonds is 10. The largest absolute Gasteiger partial charge is 0.368 e. The Balaban J connectivity index is 1.56. The van der Waals surface area contributed by atoms with Crippen molar-refractivity contribution >= 4 is 7.92 Å². The van der Waals surface area contributed by atoms with Crippen molar-refractivity contribution in [3.05, 3.63) is 108 Å². The fraction of sp³-hybridized carbons (Fsp3) is 0.357. The Kier molecular flexibility index (Phi) is 9.23. The number of hydrogen-bond donors (Lipinski definition) is 1. The summed E-state index contributed by atoms with van der Waals surface area (Å²) in [4.78, 5) is 0. The molecule has 0 amide bonds. The minimum atomic E-state index is -1.10. The van der Waals surface area contributed by atoms with Crippen LogP contribution in [0.3, 0.4) is 0 Å². The van der Waals surface area contributed by atoms with Crippen molar-refractivity contribution in [2.75, 3.05) is 13.3 Å². The molecule has 0 radical (unpaired) electrons. The maximum atomic E-state index is 11.0. The molecule has 0 spiro atoms. The van der Waals surface area contributed by atoms with Gasteiger partial charge in [-0.1, -0.05) is 98.9 Å². The first-order valence-corrected chi connectivity index (χ1v) is 13.9. The molecule has 1 saturated heterocycles. The van der Waals surface area contributed by atoms with Gasteiger partial charge in [0.25, 0.3) is 0 Å². The first kappa shape index (κ1) is 25.0. The molecule has 1 N–H and O–H groups in total. The summed E-state index contributed by atoms with van der Waals surface area (Å²) in [6.07, 6.45) is -2.66. The second kappa shape index (κ2) is 12.6. The van der Waals surface area contributed by atoms with Crippen molar-refractivity contribution in [3.63, 3.8) is 0 Å². The molecule has 3 aromatic rings. The van der Waals surface area contributed by atoms with Crippen LogP contribution in [-0.2, 0) is 38.8 Å². The molecule has 1 heterocycles. The van der Waals surface area contributed by atoms with Gasteiger partial charge in [0, 0.05) is 0 Å². The molecule has 34 heavy (non-hydrogen) atoms. The van der Waals surface area contributed by atoms with Gasteiger partial charge in [0.1, 0.15) is 24.2 Å². The Morgan fingerprint density at radius 1 is 0.618 bits per heavy atom. The number of ether oxygens (including phenoxy) is 4. The van der Waals surface area contributed by atoms with Crippen LogP contribution in [0.5, 0.6) is 0 Å². The third-order valence-electron chi connectivity index (χ3n) is 5.85. The normalized spacial score (nSPS) is 24.9. The minimum Gasteiger partial charge on any atom is -0.368 e. The number of benzene rings is 3. The number of hydrogen-bond acceptors (Lipinski definition) is 5. The highest BCUT2D eigenvalue weighted by molar-refractivity contribution is 7.56. The van der Waals surface area contributed by atoms with E-state index in [0.717, 1.165) is 16.7 Å². The van der Waals surface area contributed by atoms with Crippen LogP contribution in [0.2, 0.25) is 0 Å². The minimum absolute atomic E-state index is 0.272. The van der Waals surface area contributed by atoms with E-state index >= 15 is 0 Å². The summed E-state index contributed by atoms with van der Waals surface area (Å²) in [7, 11) is -0.572. The van der Waals surface area contributed by atoms with Crippen LogP contribution >= 0.6 is 7.92 Å². The zero-order chi connectivity index (χ0) is 23.8. The van der Waals surface area contributed by atoms with Gasteiger partial charge in [-0.2, -0.15) is 0 Å². The lowest BCUT2D eigenvalue weighted by molar-refractivity contribution is -0.295. The molecule has 3 aromatic carbocycles. The fourth-order valence-corrected chi connectivity index (χ4v) is 5.28. The van der Waals surface area contributed by atoms with Gasteiger partial charge in [-0.15, -0.1) is 0 Å². The topological polar surface area (TPSA) is 57.2 Å². The lowest BCUT2D eigenvalue weighted by Crippen LogP contribution is -2.59. The molecule has 1 aliphatic rings. The predicted molar refractivity (Wildman–Crippen MR) is 135 cm³/mol. The van der Waals surface area contributed by atoms with Crippen LogP contribution in [0.1, 0.15) is 16.7 Å². The van der Waals surface area contributed by atoms with Crippen molar-refractivity contribution < 1.29 is 24.1 Å². The molecule has 4 rings (SSSR count). The van der Waals surface area contributed by atoms with Gasteiger partial charge >= 0.3 is 0 Å². The van der Waals surface area contributed by atoms with E-state index in [0.29, 0.717) is 19.8 Å². The molecule has 180 valence electrons. The molecule has 1 fully saturated rings. The molecular weight excluding hydrogens is 447 g/mol. The second-order valence-electron chi connectivity index (χ2n) is 8.66. The summed E-state index contributed by atoms with van der Waals surface area (Å²) in [6, 6.07) is 30.0. The molecule has 5 nitrogen and oxygen atoms in total. The molecule has 6 heteroatoms. The van der Waals surface area contributed by atoms with E-state index in [1.54, 1.807) is 0 Å². The third kappa shape index (κ3) is 6.73. The molecule has 5 atom stereocenters. The highest BCUT2D eigenvalue weighted by Gasteiger charge is 2.48. The van der Waals surface area contributed by atoms with Gasteiger partial charge in [0.15, 0.2) is 6.29 Å². The van der Waals surface area contributed by atoms with E-state index in [1.165, 1.54) is 0 Å². The predicted octanol–water partition coefficient (Wildman–Crippen LogP) is 5.16. The summed E-state index contributed by atoms with van der Waals surface area (Å²) in [5.41, 5.74) is 3.15. The first-order chi connectivity index (χ1) is 16.6. The quantitative estimate of drug-likeness (QED) is 0.407. The lowest BCUT2D eigenvalue weighted by Gasteiger charge is -2.46. The Hall–Kier alpha value is -2.11. The van der Waals surface area contributed by atoms with Crippen molar-refractivity contribution in [1.82, 2.24) is 0 Å². The average Bonchev–Trinajstić information content (AvgIpc) is 2.87. The molecule has 1 aliphatic heterocycles. The Morgan fingerprint density at radius 3 is 1.41 bits per heavy atom. The van der Waals surface area contributed by atoms with Gasteiger partial charge < -0.3 is 24.1 Å². The SMILES string of the molecule is CP(C)[C@H]1O[C@H](O)[C@H](OCc2ccccc2)[C@@H](OCc2ccccc2)[C@@H]1OCc1ccccc1.